The van der Waals surface area contributed by atoms with Crippen LogP contribution >= 0.6 is 23.4 Å². The topological polar surface area (TPSA) is 70.2 Å². The van der Waals surface area contributed by atoms with Crippen molar-refractivity contribution in [2.75, 3.05) is 7.11 Å². The van der Waals surface area contributed by atoms with Crippen LogP contribution in [0.5, 0.6) is 0 Å². The summed E-state index contributed by atoms with van der Waals surface area (Å²) in [6.45, 7) is 2.00. The molecule has 0 aliphatic carbocycles. The molecule has 0 bridgehead atoms. The second-order valence-corrected chi connectivity index (χ2v) is 7.87. The Morgan fingerprint density at radius 3 is 2.77 bits per heavy atom. The number of hydrogen-bond acceptors (Lipinski definition) is 6. The van der Waals surface area contributed by atoms with Crippen LogP contribution in [-0.2, 0) is 10.5 Å². The van der Waals surface area contributed by atoms with Crippen molar-refractivity contribution < 1.29 is 13.9 Å². The van der Waals surface area contributed by atoms with E-state index in [0.717, 1.165) is 16.8 Å². The standard InChI is InChI=1S/C22H18ClN3O3S/c1-14-9-10-16(23)12-18(14)26-20(19-8-5-11-29-19)24-25-22(26)30-13-15-6-3-4-7-17(15)21(27)28-2/h3-12H,13H2,1-2H3. The summed E-state index contributed by atoms with van der Waals surface area (Å²) in [5.74, 6) is 1.33. The van der Waals surface area contributed by atoms with Gasteiger partial charge in [0.25, 0.3) is 0 Å². The lowest BCUT2D eigenvalue weighted by Gasteiger charge is -2.13. The van der Waals surface area contributed by atoms with Crippen LogP contribution in [0.4, 0.5) is 0 Å². The summed E-state index contributed by atoms with van der Waals surface area (Å²) in [7, 11) is 1.38. The van der Waals surface area contributed by atoms with Crippen LogP contribution in [-0.4, -0.2) is 27.8 Å². The first-order valence-corrected chi connectivity index (χ1v) is 10.5. The van der Waals surface area contributed by atoms with Gasteiger partial charge in [-0.25, -0.2) is 4.79 Å². The molecule has 2 aromatic heterocycles. The number of rotatable bonds is 6. The molecule has 0 saturated heterocycles. The number of carbonyl (C=O) groups excluding carboxylic acids is 1. The zero-order chi connectivity index (χ0) is 21.1. The number of hydrogen-bond donors (Lipinski definition) is 0. The fourth-order valence-corrected chi connectivity index (χ4v) is 4.18. The van der Waals surface area contributed by atoms with Gasteiger partial charge < -0.3 is 9.15 Å². The fourth-order valence-electron chi connectivity index (χ4n) is 3.07. The molecule has 6 nitrogen and oxygen atoms in total. The van der Waals surface area contributed by atoms with Gasteiger partial charge in [0.1, 0.15) is 0 Å². The average molecular weight is 440 g/mol. The molecule has 0 aliphatic rings. The molecule has 0 spiro atoms. The van der Waals surface area contributed by atoms with Gasteiger partial charge in [-0.15, -0.1) is 10.2 Å². The lowest BCUT2D eigenvalue weighted by atomic mass is 10.1. The van der Waals surface area contributed by atoms with Crippen molar-refractivity contribution in [3.63, 3.8) is 0 Å². The van der Waals surface area contributed by atoms with Gasteiger partial charge in [0.15, 0.2) is 10.9 Å². The third-order valence-electron chi connectivity index (χ3n) is 4.57. The maximum atomic E-state index is 12.1. The highest BCUT2D eigenvalue weighted by molar-refractivity contribution is 7.98. The summed E-state index contributed by atoms with van der Waals surface area (Å²) in [5.41, 5.74) is 3.27. The third-order valence-corrected chi connectivity index (χ3v) is 5.78. The van der Waals surface area contributed by atoms with Crippen molar-refractivity contribution in [1.29, 1.82) is 0 Å². The van der Waals surface area contributed by atoms with Gasteiger partial charge >= 0.3 is 5.97 Å². The minimum atomic E-state index is -0.366. The van der Waals surface area contributed by atoms with E-state index in [2.05, 4.69) is 10.2 Å². The number of aryl methyl sites for hydroxylation is 1. The zero-order valence-electron chi connectivity index (χ0n) is 16.3. The number of furan rings is 1. The number of halogens is 1. The molecule has 2 aromatic carbocycles. The molecule has 0 aliphatic heterocycles. The first-order chi connectivity index (χ1) is 14.6. The normalized spacial score (nSPS) is 10.9. The smallest absolute Gasteiger partial charge is 0.338 e. The van der Waals surface area contributed by atoms with E-state index in [4.69, 9.17) is 20.8 Å². The second kappa shape index (κ2) is 8.77. The lowest BCUT2D eigenvalue weighted by molar-refractivity contribution is 0.0600. The van der Waals surface area contributed by atoms with Crippen LogP contribution in [0.1, 0.15) is 21.5 Å². The number of esters is 1. The van der Waals surface area contributed by atoms with E-state index in [1.54, 1.807) is 18.4 Å². The average Bonchev–Trinajstić information content (AvgIpc) is 3.43. The van der Waals surface area contributed by atoms with Crippen molar-refractivity contribution in [3.8, 4) is 17.3 Å². The minimum Gasteiger partial charge on any atom is -0.465 e. The van der Waals surface area contributed by atoms with Gasteiger partial charge in [0, 0.05) is 10.8 Å². The maximum Gasteiger partial charge on any atom is 0.338 e. The van der Waals surface area contributed by atoms with Gasteiger partial charge in [-0.3, -0.25) is 4.57 Å². The molecule has 0 atom stereocenters. The minimum absolute atomic E-state index is 0.366. The quantitative estimate of drug-likeness (QED) is 0.289. The van der Waals surface area contributed by atoms with E-state index in [0.29, 0.717) is 33.1 Å². The van der Waals surface area contributed by atoms with Crippen molar-refractivity contribution in [3.05, 3.63) is 82.6 Å². The fraction of sp³-hybridized carbons (Fsp3) is 0.136. The van der Waals surface area contributed by atoms with E-state index < -0.39 is 0 Å². The van der Waals surface area contributed by atoms with Crippen molar-refractivity contribution >= 4 is 29.3 Å². The molecule has 152 valence electrons. The van der Waals surface area contributed by atoms with Gasteiger partial charge in [-0.2, -0.15) is 0 Å². The van der Waals surface area contributed by atoms with E-state index in [9.17, 15) is 4.79 Å². The molecule has 0 unspecified atom stereocenters. The Morgan fingerprint density at radius 2 is 2.00 bits per heavy atom. The highest BCUT2D eigenvalue weighted by Crippen LogP contribution is 2.32. The molecule has 4 aromatic rings. The predicted octanol–water partition coefficient (Wildman–Crippen LogP) is 5.57. The van der Waals surface area contributed by atoms with Crippen molar-refractivity contribution in [1.82, 2.24) is 14.8 Å². The summed E-state index contributed by atoms with van der Waals surface area (Å²) in [4.78, 5) is 12.1. The van der Waals surface area contributed by atoms with E-state index in [1.807, 2.05) is 54.0 Å². The third kappa shape index (κ3) is 3.99. The number of carbonyl (C=O) groups is 1. The van der Waals surface area contributed by atoms with Gasteiger partial charge in [-0.05, 0) is 48.4 Å². The van der Waals surface area contributed by atoms with Crippen LogP contribution in [0.3, 0.4) is 0 Å². The van der Waals surface area contributed by atoms with Crippen LogP contribution in [0.2, 0.25) is 5.02 Å². The summed E-state index contributed by atoms with van der Waals surface area (Å²) in [6, 6.07) is 16.7. The van der Waals surface area contributed by atoms with E-state index in [1.165, 1.54) is 18.9 Å². The lowest BCUT2D eigenvalue weighted by Crippen LogP contribution is -2.05. The Morgan fingerprint density at radius 1 is 1.17 bits per heavy atom. The summed E-state index contributed by atoms with van der Waals surface area (Å²) < 4.78 is 12.4. The van der Waals surface area contributed by atoms with Gasteiger partial charge in [-0.1, -0.05) is 47.6 Å². The molecular weight excluding hydrogens is 422 g/mol. The second-order valence-electron chi connectivity index (χ2n) is 6.49. The highest BCUT2D eigenvalue weighted by Gasteiger charge is 2.20. The number of benzene rings is 2. The molecule has 0 fully saturated rings. The molecule has 4 rings (SSSR count). The van der Waals surface area contributed by atoms with Crippen LogP contribution < -0.4 is 0 Å². The molecule has 30 heavy (non-hydrogen) atoms. The predicted molar refractivity (Wildman–Crippen MR) is 116 cm³/mol. The molecule has 0 saturated carbocycles. The maximum absolute atomic E-state index is 12.1. The Balaban J connectivity index is 1.75. The molecule has 2 heterocycles. The Labute approximate surface area is 182 Å². The van der Waals surface area contributed by atoms with E-state index >= 15 is 0 Å². The number of methoxy groups -OCH3 is 1. The number of aromatic nitrogens is 3. The highest BCUT2D eigenvalue weighted by atomic mass is 35.5. The number of nitrogens with zero attached hydrogens (tertiary/aromatic N) is 3. The molecule has 8 heteroatoms. The van der Waals surface area contributed by atoms with E-state index in [-0.39, 0.29) is 5.97 Å². The Bertz CT molecular complexity index is 1190. The monoisotopic (exact) mass is 439 g/mol. The Hall–Kier alpha value is -3.03. The molecular formula is C22H18ClN3O3S. The van der Waals surface area contributed by atoms with Crippen LogP contribution in [0.25, 0.3) is 17.3 Å². The Kier molecular flexibility index (Phi) is 5.92. The first kappa shape index (κ1) is 20.3. The van der Waals surface area contributed by atoms with Crippen LogP contribution in [0, 0.1) is 6.92 Å². The first-order valence-electron chi connectivity index (χ1n) is 9.13. The van der Waals surface area contributed by atoms with Crippen molar-refractivity contribution in [2.45, 2.75) is 17.8 Å². The summed E-state index contributed by atoms with van der Waals surface area (Å²) >= 11 is 7.74. The largest absolute Gasteiger partial charge is 0.465 e. The van der Waals surface area contributed by atoms with Gasteiger partial charge in [0.05, 0.1) is 24.6 Å². The van der Waals surface area contributed by atoms with Crippen LogP contribution in [0.15, 0.2) is 70.4 Å². The molecule has 0 radical (unpaired) electrons. The SMILES string of the molecule is COC(=O)c1ccccc1CSc1nnc(-c2ccco2)n1-c1cc(Cl)ccc1C. The molecule has 0 N–H and O–H groups in total. The summed E-state index contributed by atoms with van der Waals surface area (Å²) in [6.07, 6.45) is 1.60. The number of ether oxygens (including phenoxy) is 1. The number of thioether (sulfide) groups is 1. The summed E-state index contributed by atoms with van der Waals surface area (Å²) in [5, 5.41) is 10.0. The zero-order valence-corrected chi connectivity index (χ0v) is 17.9. The van der Waals surface area contributed by atoms with Crippen molar-refractivity contribution in [2.24, 2.45) is 0 Å². The van der Waals surface area contributed by atoms with Gasteiger partial charge in [0.2, 0.25) is 5.82 Å². The molecule has 0 amide bonds.